The van der Waals surface area contributed by atoms with Gasteiger partial charge in [-0.2, -0.15) is 0 Å². The first kappa shape index (κ1) is 14.2. The van der Waals surface area contributed by atoms with Crippen LogP contribution < -0.4 is 0 Å². The first-order chi connectivity index (χ1) is 9.80. The van der Waals surface area contributed by atoms with E-state index in [9.17, 15) is 5.21 Å². The summed E-state index contributed by atoms with van der Waals surface area (Å²) in [5, 5.41) is 12.6. The number of hydrogen-bond acceptors (Lipinski definition) is 5. The molecule has 0 spiro atoms. The van der Waals surface area contributed by atoms with Gasteiger partial charge in [0.25, 0.3) is 0 Å². The summed E-state index contributed by atoms with van der Waals surface area (Å²) in [6.07, 6.45) is 9.70. The van der Waals surface area contributed by atoms with Crippen molar-refractivity contribution >= 4 is 5.71 Å². The third-order valence-corrected chi connectivity index (χ3v) is 3.38. The van der Waals surface area contributed by atoms with Crippen LogP contribution in [0, 0.1) is 5.92 Å². The molecule has 0 fully saturated rings. The number of H-pyrrole nitrogens is 1. The zero-order chi connectivity index (χ0) is 14.4. The number of nitrogens with one attached hydrogen (secondary N) is 1. The summed E-state index contributed by atoms with van der Waals surface area (Å²) in [4.78, 5) is 7.06. The molecule has 2 N–H and O–H groups in total. The number of allylic oxidation sites excluding steroid dienone is 4. The Hall–Kier alpha value is -2.24. The molecule has 0 saturated carbocycles. The highest BCUT2D eigenvalue weighted by Crippen LogP contribution is 2.28. The quantitative estimate of drug-likeness (QED) is 0.617. The Morgan fingerprint density at radius 1 is 1.35 bits per heavy atom. The Morgan fingerprint density at radius 3 is 2.80 bits per heavy atom. The Balaban J connectivity index is 2.03. The molecule has 2 rings (SSSR count). The summed E-state index contributed by atoms with van der Waals surface area (Å²) in [7, 11) is 3.18. The first-order valence-electron chi connectivity index (χ1n) is 6.49. The van der Waals surface area contributed by atoms with Crippen molar-refractivity contribution in [3.8, 4) is 0 Å². The van der Waals surface area contributed by atoms with Crippen molar-refractivity contribution in [3.05, 3.63) is 41.9 Å². The van der Waals surface area contributed by atoms with E-state index in [1.807, 2.05) is 12.3 Å². The molecule has 1 aliphatic carbocycles. The molecule has 6 heteroatoms. The minimum Gasteiger partial charge on any atom is -0.500 e. The van der Waals surface area contributed by atoms with Crippen LogP contribution in [0.1, 0.15) is 18.5 Å². The summed E-state index contributed by atoms with van der Waals surface area (Å²) in [6.45, 7) is 0. The largest absolute Gasteiger partial charge is 0.500 e. The lowest BCUT2D eigenvalue weighted by Gasteiger charge is -2.24. The van der Waals surface area contributed by atoms with E-state index in [2.05, 4.69) is 15.1 Å². The van der Waals surface area contributed by atoms with E-state index >= 15 is 0 Å². The van der Waals surface area contributed by atoms with Crippen LogP contribution in [-0.4, -0.2) is 35.1 Å². The van der Waals surface area contributed by atoms with Crippen molar-refractivity contribution in [3.63, 3.8) is 0 Å². The lowest BCUT2D eigenvalue weighted by molar-refractivity contribution is 0.240. The number of oxime groups is 1. The fraction of sp³-hybridized carbons (Fsp3) is 0.429. The number of hydrogen-bond donors (Lipinski definition) is 2. The lowest BCUT2D eigenvalue weighted by Crippen LogP contribution is -2.24. The summed E-state index contributed by atoms with van der Waals surface area (Å²) >= 11 is 0. The fourth-order valence-electron chi connectivity index (χ4n) is 2.36. The highest BCUT2D eigenvalue weighted by atomic mass is 16.5. The number of aryl methyl sites for hydroxylation is 1. The highest BCUT2D eigenvalue weighted by Gasteiger charge is 2.28. The fourth-order valence-corrected chi connectivity index (χ4v) is 2.36. The molecular formula is C14H19N3O3. The van der Waals surface area contributed by atoms with Gasteiger partial charge >= 0.3 is 0 Å². The second-order valence-electron chi connectivity index (χ2n) is 4.52. The van der Waals surface area contributed by atoms with E-state index < -0.39 is 0 Å². The normalized spacial score (nSPS) is 20.5. The SMILES string of the molecule is COC1=CC=C(OC)C(CCCc2cnc[nH]2)C1=NO. The summed E-state index contributed by atoms with van der Waals surface area (Å²) in [6, 6.07) is 0. The third-order valence-electron chi connectivity index (χ3n) is 3.38. The van der Waals surface area contributed by atoms with Crippen LogP contribution in [0.15, 0.2) is 41.4 Å². The van der Waals surface area contributed by atoms with E-state index in [0.717, 1.165) is 30.7 Å². The topological polar surface area (TPSA) is 79.7 Å². The number of rotatable bonds is 6. The number of aromatic amines is 1. The van der Waals surface area contributed by atoms with Gasteiger partial charge in [0.2, 0.25) is 0 Å². The smallest absolute Gasteiger partial charge is 0.144 e. The molecule has 0 aliphatic heterocycles. The van der Waals surface area contributed by atoms with E-state index in [0.29, 0.717) is 11.5 Å². The standard InChI is InChI=1S/C14H19N3O3/c1-19-12-6-7-13(20-2)14(17-18)11(12)5-3-4-10-8-15-9-16-10/h6-9,11,18H,3-5H2,1-2H3,(H,15,16). The molecule has 0 amide bonds. The Labute approximate surface area is 117 Å². The van der Waals surface area contributed by atoms with Crippen LogP contribution in [0.25, 0.3) is 0 Å². The highest BCUT2D eigenvalue weighted by molar-refractivity contribution is 6.02. The number of nitrogens with zero attached hydrogens (tertiary/aromatic N) is 2. The predicted molar refractivity (Wildman–Crippen MR) is 74.4 cm³/mol. The minimum atomic E-state index is -0.0899. The van der Waals surface area contributed by atoms with Gasteiger partial charge in [0.1, 0.15) is 17.2 Å². The van der Waals surface area contributed by atoms with Crippen molar-refractivity contribution in [1.82, 2.24) is 9.97 Å². The van der Waals surface area contributed by atoms with E-state index in [1.54, 1.807) is 26.6 Å². The molecule has 0 aromatic carbocycles. The van der Waals surface area contributed by atoms with Crippen LogP contribution in [0.5, 0.6) is 0 Å². The minimum absolute atomic E-state index is 0.0899. The second-order valence-corrected chi connectivity index (χ2v) is 4.52. The molecule has 0 radical (unpaired) electrons. The molecule has 0 saturated heterocycles. The van der Waals surface area contributed by atoms with Gasteiger partial charge in [-0.25, -0.2) is 4.98 Å². The zero-order valence-corrected chi connectivity index (χ0v) is 11.7. The van der Waals surface area contributed by atoms with Crippen LogP contribution in [-0.2, 0) is 15.9 Å². The molecule has 1 aromatic heterocycles. The molecule has 1 atom stereocenters. The monoisotopic (exact) mass is 277 g/mol. The number of imidazole rings is 1. The lowest BCUT2D eigenvalue weighted by atomic mass is 9.89. The molecule has 108 valence electrons. The van der Waals surface area contributed by atoms with Gasteiger partial charge in [-0.3, -0.25) is 0 Å². The van der Waals surface area contributed by atoms with E-state index in [4.69, 9.17) is 9.47 Å². The zero-order valence-electron chi connectivity index (χ0n) is 11.7. The van der Waals surface area contributed by atoms with Gasteiger partial charge < -0.3 is 19.7 Å². The third kappa shape index (κ3) is 3.01. The van der Waals surface area contributed by atoms with Gasteiger partial charge in [-0.15, -0.1) is 0 Å². The molecule has 1 heterocycles. The van der Waals surface area contributed by atoms with Gasteiger partial charge in [0.05, 0.1) is 26.5 Å². The number of ether oxygens (including phenoxy) is 2. The van der Waals surface area contributed by atoms with Crippen molar-refractivity contribution < 1.29 is 14.7 Å². The molecule has 20 heavy (non-hydrogen) atoms. The summed E-state index contributed by atoms with van der Waals surface area (Å²) in [5.41, 5.74) is 1.60. The van der Waals surface area contributed by atoms with E-state index in [1.165, 1.54) is 0 Å². The molecule has 6 nitrogen and oxygen atoms in total. The Kier molecular flexibility index (Phi) is 4.81. The van der Waals surface area contributed by atoms with E-state index in [-0.39, 0.29) is 5.92 Å². The van der Waals surface area contributed by atoms with Crippen molar-refractivity contribution in [2.45, 2.75) is 19.3 Å². The predicted octanol–water partition coefficient (Wildman–Crippen LogP) is 2.25. The number of methoxy groups -OCH3 is 2. The van der Waals surface area contributed by atoms with Crippen LogP contribution in [0.2, 0.25) is 0 Å². The first-order valence-corrected chi connectivity index (χ1v) is 6.49. The molecule has 0 bridgehead atoms. The van der Waals surface area contributed by atoms with Crippen molar-refractivity contribution in [2.24, 2.45) is 11.1 Å². The summed E-state index contributed by atoms with van der Waals surface area (Å²) < 4.78 is 10.6. The van der Waals surface area contributed by atoms with Gasteiger partial charge in [0, 0.05) is 11.9 Å². The molecule has 1 aliphatic rings. The average Bonchev–Trinajstić information content (AvgIpc) is 2.99. The average molecular weight is 277 g/mol. The molecule has 1 unspecified atom stereocenters. The Bertz CT molecular complexity index is 518. The Morgan fingerprint density at radius 2 is 2.20 bits per heavy atom. The van der Waals surface area contributed by atoms with Crippen molar-refractivity contribution in [1.29, 1.82) is 0 Å². The molecular weight excluding hydrogens is 258 g/mol. The maximum atomic E-state index is 9.23. The summed E-state index contributed by atoms with van der Waals surface area (Å²) in [5.74, 6) is 1.26. The maximum Gasteiger partial charge on any atom is 0.144 e. The second kappa shape index (κ2) is 6.79. The van der Waals surface area contributed by atoms with Gasteiger partial charge in [-0.05, 0) is 31.4 Å². The van der Waals surface area contributed by atoms with Crippen LogP contribution in [0.4, 0.5) is 0 Å². The van der Waals surface area contributed by atoms with Gasteiger partial charge in [-0.1, -0.05) is 5.16 Å². The van der Waals surface area contributed by atoms with Crippen LogP contribution in [0.3, 0.4) is 0 Å². The van der Waals surface area contributed by atoms with Gasteiger partial charge in [0.15, 0.2) is 0 Å². The van der Waals surface area contributed by atoms with Crippen molar-refractivity contribution in [2.75, 3.05) is 14.2 Å². The molecule has 1 aromatic rings. The number of aromatic nitrogens is 2. The van der Waals surface area contributed by atoms with Crippen LogP contribution >= 0.6 is 0 Å². The maximum absolute atomic E-state index is 9.23.